The third kappa shape index (κ3) is 3.68. The molecule has 0 saturated heterocycles. The van der Waals surface area contributed by atoms with Crippen LogP contribution >= 0.6 is 0 Å². The fourth-order valence-corrected chi connectivity index (χ4v) is 2.24. The van der Waals surface area contributed by atoms with Gasteiger partial charge in [-0.2, -0.15) is 13.1 Å². The van der Waals surface area contributed by atoms with Crippen molar-refractivity contribution < 1.29 is 17.9 Å². The molecule has 0 saturated carbocycles. The van der Waals surface area contributed by atoms with Gasteiger partial charge in [0.2, 0.25) is 0 Å². The predicted octanol–water partition coefficient (Wildman–Crippen LogP) is 0.643. The number of H-pyrrole nitrogens is 1. The summed E-state index contributed by atoms with van der Waals surface area (Å²) in [5.41, 5.74) is 1.54. The summed E-state index contributed by atoms with van der Waals surface area (Å²) in [6.45, 7) is 1.60. The highest BCUT2D eigenvalue weighted by molar-refractivity contribution is 7.88. The molecule has 0 fully saturated rings. The van der Waals surface area contributed by atoms with Crippen LogP contribution in [-0.2, 0) is 21.5 Å². The molecule has 1 aromatic carbocycles. The Morgan fingerprint density at radius 3 is 2.85 bits per heavy atom. The zero-order valence-corrected chi connectivity index (χ0v) is 11.5. The largest absolute Gasteiger partial charge is 0.449 e. The Hall–Kier alpha value is -2.13. The first-order chi connectivity index (χ1) is 9.50. The molecule has 108 valence electrons. The van der Waals surface area contributed by atoms with Crippen LogP contribution in [0.1, 0.15) is 12.7 Å². The van der Waals surface area contributed by atoms with Crippen LogP contribution in [0.3, 0.4) is 0 Å². The number of rotatable bonds is 5. The van der Waals surface area contributed by atoms with Gasteiger partial charge in [-0.3, -0.25) is 0 Å². The number of carbonyl (C=O) groups excluding carboxylic acids is 1. The maximum absolute atomic E-state index is 11.5. The first kappa shape index (κ1) is 14.3. The summed E-state index contributed by atoms with van der Waals surface area (Å²) in [7, 11) is -3.97. The van der Waals surface area contributed by atoms with Crippen LogP contribution in [0.25, 0.3) is 11.0 Å². The zero-order valence-electron chi connectivity index (χ0n) is 10.7. The van der Waals surface area contributed by atoms with Gasteiger partial charge in [-0.15, -0.1) is 0 Å². The van der Waals surface area contributed by atoms with E-state index < -0.39 is 16.3 Å². The SMILES string of the molecule is CCOC(=O)NS(=O)(=O)NCc1nc2ccccc2[nH]1. The van der Waals surface area contributed by atoms with Crippen molar-refractivity contribution in [3.8, 4) is 0 Å². The van der Waals surface area contributed by atoms with Gasteiger partial charge in [0.05, 0.1) is 24.2 Å². The van der Waals surface area contributed by atoms with Crippen LogP contribution in [-0.4, -0.2) is 31.1 Å². The molecular weight excluding hydrogens is 284 g/mol. The number of hydrogen-bond donors (Lipinski definition) is 3. The fraction of sp³-hybridized carbons (Fsp3) is 0.273. The Morgan fingerprint density at radius 1 is 1.40 bits per heavy atom. The van der Waals surface area contributed by atoms with Gasteiger partial charge in [0.1, 0.15) is 5.82 Å². The van der Waals surface area contributed by atoms with E-state index in [0.29, 0.717) is 5.82 Å². The van der Waals surface area contributed by atoms with Crippen molar-refractivity contribution in [2.75, 3.05) is 6.61 Å². The maximum Gasteiger partial charge on any atom is 0.421 e. The van der Waals surface area contributed by atoms with Crippen LogP contribution in [0.2, 0.25) is 0 Å². The number of fused-ring (bicyclic) bond motifs is 1. The third-order valence-electron chi connectivity index (χ3n) is 2.36. The molecule has 1 aromatic heterocycles. The molecule has 3 N–H and O–H groups in total. The van der Waals surface area contributed by atoms with Crippen LogP contribution in [0.5, 0.6) is 0 Å². The fourth-order valence-electron chi connectivity index (χ4n) is 1.56. The van der Waals surface area contributed by atoms with E-state index in [-0.39, 0.29) is 13.2 Å². The number of carbonyl (C=O) groups is 1. The smallest absolute Gasteiger partial charge is 0.421 e. The third-order valence-corrected chi connectivity index (χ3v) is 3.32. The van der Waals surface area contributed by atoms with E-state index in [1.54, 1.807) is 17.7 Å². The summed E-state index contributed by atoms with van der Waals surface area (Å²) in [6, 6.07) is 7.31. The van der Waals surface area contributed by atoms with Gasteiger partial charge >= 0.3 is 16.3 Å². The molecule has 0 aliphatic rings. The molecule has 1 amide bonds. The molecule has 0 radical (unpaired) electrons. The number of para-hydroxylation sites is 2. The average molecular weight is 298 g/mol. The highest BCUT2D eigenvalue weighted by atomic mass is 32.2. The molecule has 9 heteroatoms. The lowest BCUT2D eigenvalue weighted by Crippen LogP contribution is -2.40. The van der Waals surface area contributed by atoms with Gasteiger partial charge in [0.25, 0.3) is 0 Å². The number of nitrogens with zero attached hydrogens (tertiary/aromatic N) is 1. The van der Waals surface area contributed by atoms with Crippen LogP contribution < -0.4 is 9.44 Å². The molecule has 0 unspecified atom stereocenters. The van der Waals surface area contributed by atoms with Crippen molar-refractivity contribution in [3.05, 3.63) is 30.1 Å². The van der Waals surface area contributed by atoms with E-state index in [9.17, 15) is 13.2 Å². The minimum Gasteiger partial charge on any atom is -0.449 e. The minimum atomic E-state index is -3.97. The number of amides is 1. The van der Waals surface area contributed by atoms with Crippen molar-refractivity contribution in [2.45, 2.75) is 13.5 Å². The zero-order chi connectivity index (χ0) is 14.6. The molecule has 0 aliphatic heterocycles. The topological polar surface area (TPSA) is 113 Å². The van der Waals surface area contributed by atoms with E-state index in [1.807, 2.05) is 18.2 Å². The highest BCUT2D eigenvalue weighted by Gasteiger charge is 2.15. The second-order valence-corrected chi connectivity index (χ2v) is 5.35. The monoisotopic (exact) mass is 298 g/mol. The van der Waals surface area contributed by atoms with Crippen molar-refractivity contribution in [1.82, 2.24) is 19.4 Å². The van der Waals surface area contributed by atoms with Crippen molar-refractivity contribution >= 4 is 27.3 Å². The quantitative estimate of drug-likeness (QED) is 0.750. The van der Waals surface area contributed by atoms with E-state index in [2.05, 4.69) is 19.4 Å². The molecular formula is C11H14N4O4S. The van der Waals surface area contributed by atoms with Gasteiger partial charge < -0.3 is 9.72 Å². The predicted molar refractivity (Wildman–Crippen MR) is 72.0 cm³/mol. The second-order valence-electron chi connectivity index (χ2n) is 3.85. The number of aromatic nitrogens is 2. The number of nitrogens with one attached hydrogen (secondary N) is 3. The van der Waals surface area contributed by atoms with Crippen LogP contribution in [0, 0.1) is 0 Å². The number of aromatic amines is 1. The van der Waals surface area contributed by atoms with E-state index >= 15 is 0 Å². The highest BCUT2D eigenvalue weighted by Crippen LogP contribution is 2.09. The lowest BCUT2D eigenvalue weighted by molar-refractivity contribution is 0.158. The molecule has 8 nitrogen and oxygen atoms in total. The minimum absolute atomic E-state index is 0.0661. The van der Waals surface area contributed by atoms with E-state index in [0.717, 1.165) is 11.0 Å². The molecule has 2 aromatic rings. The summed E-state index contributed by atoms with van der Waals surface area (Å²) >= 11 is 0. The van der Waals surface area contributed by atoms with Crippen LogP contribution in [0.15, 0.2) is 24.3 Å². The first-order valence-electron chi connectivity index (χ1n) is 5.88. The lowest BCUT2D eigenvalue weighted by atomic mass is 10.3. The molecule has 0 atom stereocenters. The molecule has 0 spiro atoms. The number of imidazole rings is 1. The average Bonchev–Trinajstić information content (AvgIpc) is 2.79. The summed E-state index contributed by atoms with van der Waals surface area (Å²) in [4.78, 5) is 18.2. The molecule has 0 bridgehead atoms. The molecule has 2 rings (SSSR count). The van der Waals surface area contributed by atoms with Gasteiger partial charge in [0, 0.05) is 0 Å². The van der Waals surface area contributed by atoms with E-state index in [1.165, 1.54) is 0 Å². The van der Waals surface area contributed by atoms with Crippen molar-refractivity contribution in [3.63, 3.8) is 0 Å². The first-order valence-corrected chi connectivity index (χ1v) is 7.36. The normalized spacial score (nSPS) is 11.4. The molecule has 0 aliphatic carbocycles. The van der Waals surface area contributed by atoms with Gasteiger partial charge in [-0.05, 0) is 19.1 Å². The maximum atomic E-state index is 11.5. The van der Waals surface area contributed by atoms with E-state index in [4.69, 9.17) is 0 Å². The molecule has 20 heavy (non-hydrogen) atoms. The second kappa shape index (κ2) is 5.88. The standard InChI is InChI=1S/C11H14N4O4S/c1-2-19-11(16)15-20(17,18)12-7-10-13-8-5-3-4-6-9(8)14-10/h3-6,12H,2,7H2,1H3,(H,13,14)(H,15,16). The Kier molecular flexibility index (Phi) is 4.20. The Labute approximate surface area is 115 Å². The van der Waals surface area contributed by atoms with Gasteiger partial charge in [-0.1, -0.05) is 12.1 Å². The summed E-state index contributed by atoms with van der Waals surface area (Å²) in [5.74, 6) is 0.445. The Morgan fingerprint density at radius 2 is 2.15 bits per heavy atom. The number of hydrogen-bond acceptors (Lipinski definition) is 5. The Bertz CT molecular complexity index is 677. The molecule has 1 heterocycles. The van der Waals surface area contributed by atoms with Crippen LogP contribution in [0.4, 0.5) is 4.79 Å². The summed E-state index contributed by atoms with van der Waals surface area (Å²) < 4.78 is 31.5. The van der Waals surface area contributed by atoms with Gasteiger partial charge in [0.15, 0.2) is 0 Å². The summed E-state index contributed by atoms with van der Waals surface area (Å²) in [5, 5.41) is 0. The van der Waals surface area contributed by atoms with Crippen molar-refractivity contribution in [1.29, 1.82) is 0 Å². The van der Waals surface area contributed by atoms with Crippen molar-refractivity contribution in [2.24, 2.45) is 0 Å². The lowest BCUT2D eigenvalue weighted by Gasteiger charge is -2.06. The number of ether oxygens (including phenoxy) is 1. The summed E-state index contributed by atoms with van der Waals surface area (Å²) in [6.07, 6.45) is -1.02. The Balaban J connectivity index is 1.98. The van der Waals surface area contributed by atoms with Gasteiger partial charge in [-0.25, -0.2) is 14.5 Å². The number of benzene rings is 1.